The summed E-state index contributed by atoms with van der Waals surface area (Å²) in [6.07, 6.45) is -6.73. The van der Waals surface area contributed by atoms with E-state index in [0.29, 0.717) is 0 Å². The molecule has 0 saturated carbocycles. The standard InChI is InChI=1S/C20H15F6N7O3/c1-17(2)15(34)30-11-9-12(31-16(35)19(9,17)36)29-13(28-11)10-8-5-7(21)6-27-14(8)33(32-10)4-3-18(22,23)20(24,25)26/h5-6,36H,3-4H2,1-2H3,(H2,28,29,30,31,34,35)/t19-/m0/s1. The van der Waals surface area contributed by atoms with E-state index in [-0.39, 0.29) is 39.8 Å². The van der Waals surface area contributed by atoms with Crippen molar-refractivity contribution in [2.75, 3.05) is 10.6 Å². The van der Waals surface area contributed by atoms with E-state index in [4.69, 9.17) is 0 Å². The lowest BCUT2D eigenvalue weighted by atomic mass is 9.69. The summed E-state index contributed by atoms with van der Waals surface area (Å²) < 4.78 is 79.5. The molecule has 3 N–H and O–H groups in total. The number of hydrogen-bond donors (Lipinski definition) is 3. The Hall–Kier alpha value is -3.82. The molecule has 2 amide bonds. The lowest BCUT2D eigenvalue weighted by molar-refractivity contribution is -0.285. The monoisotopic (exact) mass is 515 g/mol. The summed E-state index contributed by atoms with van der Waals surface area (Å²) in [5.41, 5.74) is -4.52. The number of halogens is 6. The Morgan fingerprint density at radius 3 is 2.28 bits per heavy atom. The zero-order valence-corrected chi connectivity index (χ0v) is 18.3. The molecule has 16 heteroatoms. The highest BCUT2D eigenvalue weighted by molar-refractivity contribution is 6.14. The van der Waals surface area contributed by atoms with Crippen molar-refractivity contribution >= 4 is 34.5 Å². The number of aryl methyl sites for hydroxylation is 1. The molecule has 0 bridgehead atoms. The van der Waals surface area contributed by atoms with Gasteiger partial charge >= 0.3 is 12.1 Å². The van der Waals surface area contributed by atoms with Gasteiger partial charge in [-0.05, 0) is 19.9 Å². The first kappa shape index (κ1) is 23.9. The van der Waals surface area contributed by atoms with Crippen LogP contribution < -0.4 is 10.6 Å². The first-order chi connectivity index (χ1) is 16.6. The number of aliphatic hydroxyl groups is 1. The predicted molar refractivity (Wildman–Crippen MR) is 109 cm³/mol. The summed E-state index contributed by atoms with van der Waals surface area (Å²) >= 11 is 0. The van der Waals surface area contributed by atoms with Crippen molar-refractivity contribution in [2.24, 2.45) is 5.41 Å². The number of anilines is 2. The van der Waals surface area contributed by atoms with E-state index in [1.807, 2.05) is 0 Å². The largest absolute Gasteiger partial charge is 0.453 e. The van der Waals surface area contributed by atoms with E-state index >= 15 is 0 Å². The van der Waals surface area contributed by atoms with Crippen LogP contribution in [0.2, 0.25) is 0 Å². The van der Waals surface area contributed by atoms with E-state index < -0.39 is 53.7 Å². The average Bonchev–Trinajstić information content (AvgIpc) is 3.25. The number of rotatable bonds is 4. The summed E-state index contributed by atoms with van der Waals surface area (Å²) in [6.45, 7) is 1.74. The topological polar surface area (TPSA) is 135 Å². The molecule has 0 unspecified atom stereocenters. The maximum Gasteiger partial charge on any atom is 0.453 e. The Morgan fingerprint density at radius 2 is 1.67 bits per heavy atom. The number of nitrogens with one attached hydrogen (secondary N) is 2. The summed E-state index contributed by atoms with van der Waals surface area (Å²) in [5.74, 6) is -8.37. The summed E-state index contributed by atoms with van der Waals surface area (Å²) in [6, 6.07) is 0.905. The second-order valence-corrected chi connectivity index (χ2v) is 8.91. The molecule has 0 aromatic carbocycles. The molecule has 2 aliphatic heterocycles. The number of carbonyl (C=O) groups is 2. The number of carbonyl (C=O) groups excluding carboxylic acids is 2. The van der Waals surface area contributed by atoms with Crippen LogP contribution in [-0.2, 0) is 21.7 Å². The van der Waals surface area contributed by atoms with Gasteiger partial charge in [-0.15, -0.1) is 0 Å². The molecule has 0 saturated heterocycles. The van der Waals surface area contributed by atoms with Crippen LogP contribution in [0.4, 0.5) is 38.0 Å². The van der Waals surface area contributed by atoms with Crippen molar-refractivity contribution < 1.29 is 41.0 Å². The molecule has 2 aliphatic rings. The number of nitrogens with zero attached hydrogens (tertiary/aromatic N) is 5. The third kappa shape index (κ3) is 3.09. The highest BCUT2D eigenvalue weighted by atomic mass is 19.4. The smallest absolute Gasteiger partial charge is 0.374 e. The van der Waals surface area contributed by atoms with Gasteiger partial charge in [-0.1, -0.05) is 0 Å². The number of fused-ring (bicyclic) bond motifs is 1. The average molecular weight is 515 g/mol. The second-order valence-electron chi connectivity index (χ2n) is 8.91. The summed E-state index contributed by atoms with van der Waals surface area (Å²) in [7, 11) is 0. The van der Waals surface area contributed by atoms with Crippen molar-refractivity contribution in [3.05, 3.63) is 23.6 Å². The molecular weight excluding hydrogens is 500 g/mol. The molecule has 36 heavy (non-hydrogen) atoms. The highest BCUT2D eigenvalue weighted by Gasteiger charge is 2.64. The van der Waals surface area contributed by atoms with E-state index in [9.17, 15) is 41.0 Å². The van der Waals surface area contributed by atoms with Crippen molar-refractivity contribution in [3.63, 3.8) is 0 Å². The second kappa shape index (κ2) is 7.11. The van der Waals surface area contributed by atoms with Crippen LogP contribution in [0.1, 0.15) is 25.8 Å². The van der Waals surface area contributed by atoms with Gasteiger partial charge in [0.25, 0.3) is 5.91 Å². The Bertz CT molecular complexity index is 1470. The van der Waals surface area contributed by atoms with Gasteiger partial charge in [-0.2, -0.15) is 27.1 Å². The number of pyridine rings is 1. The fraction of sp³-hybridized carbons (Fsp3) is 0.400. The van der Waals surface area contributed by atoms with Crippen LogP contribution in [0.15, 0.2) is 12.3 Å². The minimum Gasteiger partial charge on any atom is -0.374 e. The maximum absolute atomic E-state index is 14.0. The Labute approximate surface area is 196 Å². The number of aromatic nitrogens is 5. The number of amides is 2. The van der Waals surface area contributed by atoms with E-state index in [2.05, 4.69) is 30.7 Å². The van der Waals surface area contributed by atoms with Gasteiger partial charge in [0.2, 0.25) is 5.91 Å². The molecule has 0 spiro atoms. The van der Waals surface area contributed by atoms with E-state index in [0.717, 1.165) is 16.9 Å². The quantitative estimate of drug-likeness (QED) is 0.455. The maximum atomic E-state index is 14.0. The highest BCUT2D eigenvalue weighted by Crippen LogP contribution is 2.53. The fourth-order valence-electron chi connectivity index (χ4n) is 4.17. The zero-order valence-electron chi connectivity index (χ0n) is 18.3. The first-order valence-electron chi connectivity index (χ1n) is 10.3. The molecule has 3 aromatic rings. The molecule has 5 rings (SSSR count). The molecule has 1 atom stereocenters. The van der Waals surface area contributed by atoms with Gasteiger partial charge in [0.1, 0.15) is 23.1 Å². The molecule has 0 fully saturated rings. The van der Waals surface area contributed by atoms with Crippen molar-refractivity contribution in [2.45, 2.75) is 44.5 Å². The van der Waals surface area contributed by atoms with Crippen LogP contribution >= 0.6 is 0 Å². The summed E-state index contributed by atoms with van der Waals surface area (Å²) in [5, 5.41) is 19.8. The molecule has 0 aliphatic carbocycles. The molecule has 0 radical (unpaired) electrons. The number of alkyl halides is 5. The van der Waals surface area contributed by atoms with Gasteiger partial charge in [0.05, 0.1) is 22.6 Å². The van der Waals surface area contributed by atoms with Crippen LogP contribution in [0.25, 0.3) is 22.6 Å². The Morgan fingerprint density at radius 1 is 1.06 bits per heavy atom. The van der Waals surface area contributed by atoms with Gasteiger partial charge < -0.3 is 15.7 Å². The van der Waals surface area contributed by atoms with E-state index in [1.165, 1.54) is 13.8 Å². The van der Waals surface area contributed by atoms with Crippen LogP contribution in [0.5, 0.6) is 0 Å². The SMILES string of the molecule is CC1(C)C(=O)Nc2nc(-c3nn(CCC(F)(F)C(F)(F)F)c4ncc(F)cc34)nc3c2[C@]1(O)C(=O)N3. The predicted octanol–water partition coefficient (Wildman–Crippen LogP) is 2.73. The van der Waals surface area contributed by atoms with Crippen LogP contribution in [-0.4, -0.2) is 53.8 Å². The lowest BCUT2D eigenvalue weighted by Gasteiger charge is -2.40. The fourth-order valence-corrected chi connectivity index (χ4v) is 4.17. The van der Waals surface area contributed by atoms with E-state index in [1.54, 1.807) is 0 Å². The van der Waals surface area contributed by atoms with Crippen molar-refractivity contribution in [3.8, 4) is 11.5 Å². The minimum absolute atomic E-state index is 0.112. The third-order valence-electron chi connectivity index (χ3n) is 6.35. The molecule has 3 aromatic heterocycles. The van der Waals surface area contributed by atoms with Gasteiger partial charge in [-0.25, -0.2) is 24.0 Å². The molecule has 190 valence electrons. The van der Waals surface area contributed by atoms with Gasteiger partial charge in [0.15, 0.2) is 17.1 Å². The Balaban J connectivity index is 1.65. The zero-order chi connectivity index (χ0) is 26.4. The van der Waals surface area contributed by atoms with Crippen LogP contribution in [0.3, 0.4) is 0 Å². The van der Waals surface area contributed by atoms with Gasteiger partial charge in [-0.3, -0.25) is 9.59 Å². The lowest BCUT2D eigenvalue weighted by Crippen LogP contribution is -2.56. The van der Waals surface area contributed by atoms with Crippen molar-refractivity contribution in [1.82, 2.24) is 24.7 Å². The first-order valence-corrected chi connectivity index (χ1v) is 10.3. The third-order valence-corrected chi connectivity index (χ3v) is 6.35. The van der Waals surface area contributed by atoms with Crippen LogP contribution in [0, 0.1) is 11.2 Å². The van der Waals surface area contributed by atoms with Gasteiger partial charge in [0, 0.05) is 13.0 Å². The summed E-state index contributed by atoms with van der Waals surface area (Å²) in [4.78, 5) is 37.3. The molecular formula is C20H15F6N7O3. The normalized spacial score (nSPS) is 20.9. The number of hydrogen-bond acceptors (Lipinski definition) is 7. The minimum atomic E-state index is -5.79. The molecule has 5 heterocycles. The molecule has 10 nitrogen and oxygen atoms in total. The Kier molecular flexibility index (Phi) is 4.72. The van der Waals surface area contributed by atoms with Crippen molar-refractivity contribution in [1.29, 1.82) is 0 Å².